The van der Waals surface area contributed by atoms with E-state index in [1.54, 1.807) is 13.0 Å². The molecule has 166 valence electrons. The average molecular weight is 419 g/mol. The van der Waals surface area contributed by atoms with E-state index < -0.39 is 11.6 Å². The normalized spacial score (nSPS) is 27.7. The Bertz CT molecular complexity index is 712. The number of hydrogen-bond acceptors (Lipinski definition) is 2. The number of rotatable bonds is 8. The summed E-state index contributed by atoms with van der Waals surface area (Å²) in [5.74, 6) is -0.288. The van der Waals surface area contributed by atoms with Crippen LogP contribution in [0.5, 0.6) is 5.75 Å². The van der Waals surface area contributed by atoms with Gasteiger partial charge in [-0.3, -0.25) is 0 Å². The van der Waals surface area contributed by atoms with E-state index in [0.717, 1.165) is 37.5 Å². The van der Waals surface area contributed by atoms with E-state index in [2.05, 4.69) is 31.2 Å². The summed E-state index contributed by atoms with van der Waals surface area (Å²) in [7, 11) is 0. The standard InChI is InChI=1S/C26H36F2O2/c1-3-7-19-10-12-20(13-11-19)8-5-6-9-22-15-14-21(18-30-22)23-16-17-24(29-4-2)26(28)25(23)27/h3,5,7-8,16-17,19-22H,4,6,9-15,18H2,1-2H3/b7-3+,8-5+. The molecule has 30 heavy (non-hydrogen) atoms. The van der Waals surface area contributed by atoms with Crippen LogP contribution in [0.4, 0.5) is 8.78 Å². The maximum atomic E-state index is 14.4. The fourth-order valence-electron chi connectivity index (χ4n) is 4.78. The van der Waals surface area contributed by atoms with Crippen molar-refractivity contribution >= 4 is 0 Å². The van der Waals surface area contributed by atoms with Gasteiger partial charge in [-0.15, -0.1) is 0 Å². The van der Waals surface area contributed by atoms with Crippen LogP contribution < -0.4 is 4.74 Å². The third-order valence-corrected chi connectivity index (χ3v) is 6.53. The van der Waals surface area contributed by atoms with E-state index in [1.165, 1.54) is 31.7 Å². The summed E-state index contributed by atoms with van der Waals surface area (Å²) in [6.07, 6.45) is 18.4. The summed E-state index contributed by atoms with van der Waals surface area (Å²) < 4.78 is 39.7. The van der Waals surface area contributed by atoms with Gasteiger partial charge in [-0.25, -0.2) is 4.39 Å². The topological polar surface area (TPSA) is 18.5 Å². The molecule has 1 saturated heterocycles. The molecule has 2 aliphatic rings. The van der Waals surface area contributed by atoms with Gasteiger partial charge < -0.3 is 9.47 Å². The molecule has 2 unspecified atom stereocenters. The molecule has 2 fully saturated rings. The lowest BCUT2D eigenvalue weighted by Gasteiger charge is -2.29. The maximum absolute atomic E-state index is 14.4. The first-order chi connectivity index (χ1) is 14.6. The number of allylic oxidation sites excluding steroid dienone is 4. The Morgan fingerprint density at radius 2 is 1.73 bits per heavy atom. The van der Waals surface area contributed by atoms with Crippen molar-refractivity contribution in [2.45, 2.75) is 77.2 Å². The summed E-state index contributed by atoms with van der Waals surface area (Å²) >= 11 is 0. The van der Waals surface area contributed by atoms with Crippen LogP contribution in [-0.4, -0.2) is 19.3 Å². The van der Waals surface area contributed by atoms with Crippen LogP contribution in [0.2, 0.25) is 0 Å². The molecule has 1 aromatic carbocycles. The van der Waals surface area contributed by atoms with Gasteiger partial charge in [0.15, 0.2) is 11.6 Å². The minimum Gasteiger partial charge on any atom is -0.491 e. The Balaban J connectivity index is 1.39. The van der Waals surface area contributed by atoms with Crippen LogP contribution in [0, 0.1) is 23.5 Å². The Kier molecular flexibility index (Phi) is 8.92. The summed E-state index contributed by atoms with van der Waals surface area (Å²) in [4.78, 5) is 0. The molecule has 0 N–H and O–H groups in total. The first kappa shape index (κ1) is 23.0. The highest BCUT2D eigenvalue weighted by Crippen LogP contribution is 2.34. The van der Waals surface area contributed by atoms with Gasteiger partial charge >= 0.3 is 0 Å². The monoisotopic (exact) mass is 418 g/mol. The molecule has 0 radical (unpaired) electrons. The Labute approximate surface area is 180 Å². The molecular weight excluding hydrogens is 382 g/mol. The lowest BCUT2D eigenvalue weighted by atomic mass is 9.81. The van der Waals surface area contributed by atoms with Crippen molar-refractivity contribution < 1.29 is 18.3 Å². The Hall–Kier alpha value is -1.68. The molecule has 1 aromatic rings. The zero-order valence-corrected chi connectivity index (χ0v) is 18.4. The van der Waals surface area contributed by atoms with Gasteiger partial charge in [-0.2, -0.15) is 4.39 Å². The predicted molar refractivity (Wildman–Crippen MR) is 118 cm³/mol. The number of ether oxygens (including phenoxy) is 2. The van der Waals surface area contributed by atoms with Gasteiger partial charge in [-0.1, -0.05) is 30.4 Å². The largest absolute Gasteiger partial charge is 0.491 e. The van der Waals surface area contributed by atoms with Crippen molar-refractivity contribution in [3.8, 4) is 5.75 Å². The van der Waals surface area contributed by atoms with E-state index in [1.807, 2.05) is 0 Å². The molecule has 0 bridgehead atoms. The molecule has 1 heterocycles. The zero-order valence-electron chi connectivity index (χ0n) is 18.4. The fourth-order valence-corrected chi connectivity index (χ4v) is 4.78. The second-order valence-corrected chi connectivity index (χ2v) is 8.65. The molecule has 0 spiro atoms. The molecule has 1 saturated carbocycles. The van der Waals surface area contributed by atoms with Crippen LogP contribution in [0.15, 0.2) is 36.4 Å². The van der Waals surface area contributed by atoms with Crippen molar-refractivity contribution in [2.24, 2.45) is 11.8 Å². The molecule has 2 atom stereocenters. The highest BCUT2D eigenvalue weighted by molar-refractivity contribution is 5.33. The van der Waals surface area contributed by atoms with Gasteiger partial charge in [0.25, 0.3) is 0 Å². The van der Waals surface area contributed by atoms with E-state index in [9.17, 15) is 8.78 Å². The molecule has 2 nitrogen and oxygen atoms in total. The van der Waals surface area contributed by atoms with Crippen molar-refractivity contribution in [3.63, 3.8) is 0 Å². The smallest absolute Gasteiger partial charge is 0.200 e. The van der Waals surface area contributed by atoms with Gasteiger partial charge in [0.1, 0.15) is 0 Å². The fraction of sp³-hybridized carbons (Fsp3) is 0.615. The van der Waals surface area contributed by atoms with Crippen LogP contribution in [0.3, 0.4) is 0 Å². The van der Waals surface area contributed by atoms with E-state index in [-0.39, 0.29) is 17.8 Å². The van der Waals surface area contributed by atoms with Gasteiger partial charge in [0.05, 0.1) is 19.3 Å². The second kappa shape index (κ2) is 11.6. The molecule has 0 aromatic heterocycles. The first-order valence-electron chi connectivity index (χ1n) is 11.6. The number of halogens is 2. The summed E-state index contributed by atoms with van der Waals surface area (Å²) in [5, 5.41) is 0. The quantitative estimate of drug-likeness (QED) is 0.411. The van der Waals surface area contributed by atoms with Crippen LogP contribution in [-0.2, 0) is 4.74 Å². The molecule has 1 aliphatic carbocycles. The van der Waals surface area contributed by atoms with E-state index in [4.69, 9.17) is 9.47 Å². The second-order valence-electron chi connectivity index (χ2n) is 8.65. The predicted octanol–water partition coefficient (Wildman–Crippen LogP) is 7.35. The van der Waals surface area contributed by atoms with Crippen LogP contribution in [0.1, 0.15) is 76.7 Å². The SMILES string of the molecule is C/C=C/C1CCC(/C=C/CCC2CCC(c3ccc(OCC)c(F)c3F)CO2)CC1. The average Bonchev–Trinajstić information content (AvgIpc) is 2.77. The van der Waals surface area contributed by atoms with Gasteiger partial charge in [-0.05, 0) is 88.7 Å². The first-order valence-corrected chi connectivity index (χ1v) is 11.6. The van der Waals surface area contributed by atoms with Crippen molar-refractivity contribution in [1.82, 2.24) is 0 Å². The summed E-state index contributed by atoms with van der Waals surface area (Å²) in [6, 6.07) is 3.17. The van der Waals surface area contributed by atoms with Gasteiger partial charge in [0.2, 0.25) is 5.82 Å². The summed E-state index contributed by atoms with van der Waals surface area (Å²) in [6.45, 7) is 4.63. The molecule has 0 amide bonds. The lowest BCUT2D eigenvalue weighted by Crippen LogP contribution is -2.25. The van der Waals surface area contributed by atoms with Crippen LogP contribution >= 0.6 is 0 Å². The molecule has 4 heteroatoms. The van der Waals surface area contributed by atoms with Crippen molar-refractivity contribution in [1.29, 1.82) is 0 Å². The lowest BCUT2D eigenvalue weighted by molar-refractivity contribution is -0.000941. The van der Waals surface area contributed by atoms with Crippen LogP contribution in [0.25, 0.3) is 0 Å². The zero-order chi connectivity index (χ0) is 21.3. The molecule has 3 rings (SSSR count). The number of benzene rings is 1. The minimum atomic E-state index is -0.888. The summed E-state index contributed by atoms with van der Waals surface area (Å²) in [5.41, 5.74) is 0.405. The van der Waals surface area contributed by atoms with E-state index >= 15 is 0 Å². The Morgan fingerprint density at radius 1 is 1.00 bits per heavy atom. The highest BCUT2D eigenvalue weighted by atomic mass is 19.2. The van der Waals surface area contributed by atoms with Gasteiger partial charge in [0, 0.05) is 5.92 Å². The van der Waals surface area contributed by atoms with Crippen molar-refractivity contribution in [2.75, 3.05) is 13.2 Å². The van der Waals surface area contributed by atoms with E-state index in [0.29, 0.717) is 18.8 Å². The van der Waals surface area contributed by atoms with Crippen molar-refractivity contribution in [3.05, 3.63) is 53.6 Å². The third kappa shape index (κ3) is 6.16. The Morgan fingerprint density at radius 3 is 2.37 bits per heavy atom. The highest BCUT2D eigenvalue weighted by Gasteiger charge is 2.27. The minimum absolute atomic E-state index is 0.0181. The maximum Gasteiger partial charge on any atom is 0.200 e. The molecular formula is C26H36F2O2. The third-order valence-electron chi connectivity index (χ3n) is 6.53. The molecule has 1 aliphatic heterocycles. The number of hydrogen-bond donors (Lipinski definition) is 0.